The number of hydrogen-bond donors (Lipinski definition) is 2. The molecule has 10 heteroatoms. The Balaban J connectivity index is 0.00000320. The highest BCUT2D eigenvalue weighted by Gasteiger charge is 2.28. The molecular formula is C20H30ClIN4O4. The summed E-state index contributed by atoms with van der Waals surface area (Å²) in [5.74, 6) is 2.03. The Labute approximate surface area is 199 Å². The smallest absolute Gasteiger partial charge is 0.407 e. The number of aliphatic imine (C=N–C) groups is 1. The van der Waals surface area contributed by atoms with E-state index in [0.29, 0.717) is 42.8 Å². The van der Waals surface area contributed by atoms with Gasteiger partial charge < -0.3 is 29.7 Å². The summed E-state index contributed by atoms with van der Waals surface area (Å²) in [6.45, 7) is 8.58. The Bertz CT molecular complexity index is 785. The summed E-state index contributed by atoms with van der Waals surface area (Å²) in [7, 11) is 1.74. The number of alkyl carbamates (subject to hydrolysis) is 1. The number of hydrogen-bond acceptors (Lipinski definition) is 5. The minimum Gasteiger partial charge on any atom is -0.486 e. The Kier molecular flexibility index (Phi) is 8.72. The van der Waals surface area contributed by atoms with Crippen molar-refractivity contribution in [3.05, 3.63) is 22.7 Å². The van der Waals surface area contributed by atoms with Crippen LogP contribution in [0.15, 0.2) is 17.1 Å². The first-order chi connectivity index (χ1) is 13.7. The predicted octanol–water partition coefficient (Wildman–Crippen LogP) is 3.40. The van der Waals surface area contributed by atoms with Crippen LogP contribution in [0.5, 0.6) is 11.5 Å². The third-order valence-corrected chi connectivity index (χ3v) is 4.81. The summed E-state index contributed by atoms with van der Waals surface area (Å²) in [4.78, 5) is 18.5. The van der Waals surface area contributed by atoms with Gasteiger partial charge in [-0.05, 0) is 44.9 Å². The highest BCUT2D eigenvalue weighted by Crippen LogP contribution is 2.38. The van der Waals surface area contributed by atoms with Gasteiger partial charge in [-0.15, -0.1) is 24.0 Å². The predicted molar refractivity (Wildman–Crippen MR) is 127 cm³/mol. The van der Waals surface area contributed by atoms with Crippen molar-refractivity contribution in [1.29, 1.82) is 0 Å². The highest BCUT2D eigenvalue weighted by molar-refractivity contribution is 14.0. The van der Waals surface area contributed by atoms with Gasteiger partial charge in [-0.3, -0.25) is 4.99 Å². The Morgan fingerprint density at radius 3 is 2.77 bits per heavy atom. The number of carbonyl (C=O) groups excluding carboxylic acids is 1. The van der Waals surface area contributed by atoms with Crippen LogP contribution in [0.2, 0.25) is 5.02 Å². The maximum Gasteiger partial charge on any atom is 0.407 e. The van der Waals surface area contributed by atoms with Crippen molar-refractivity contribution in [3.63, 3.8) is 0 Å². The van der Waals surface area contributed by atoms with Crippen LogP contribution in [0.3, 0.4) is 0 Å². The third-order valence-electron chi connectivity index (χ3n) is 4.53. The van der Waals surface area contributed by atoms with Gasteiger partial charge in [0.2, 0.25) is 0 Å². The number of ether oxygens (including phenoxy) is 3. The number of amides is 1. The number of benzene rings is 1. The van der Waals surface area contributed by atoms with Crippen LogP contribution >= 0.6 is 35.6 Å². The average molecular weight is 553 g/mol. The number of rotatable bonds is 3. The van der Waals surface area contributed by atoms with E-state index in [2.05, 4.69) is 20.5 Å². The van der Waals surface area contributed by atoms with Gasteiger partial charge in [0.05, 0.1) is 11.1 Å². The normalized spacial score (nSPS) is 18.5. The molecule has 0 radical (unpaired) electrons. The van der Waals surface area contributed by atoms with Gasteiger partial charge in [-0.2, -0.15) is 0 Å². The number of halogens is 2. The van der Waals surface area contributed by atoms with Crippen molar-refractivity contribution < 1.29 is 19.0 Å². The Morgan fingerprint density at radius 1 is 1.33 bits per heavy atom. The second-order valence-electron chi connectivity index (χ2n) is 8.08. The molecule has 0 bridgehead atoms. The molecule has 30 heavy (non-hydrogen) atoms. The molecule has 2 aliphatic rings. The molecule has 1 fully saturated rings. The second kappa shape index (κ2) is 10.6. The first-order valence-electron chi connectivity index (χ1n) is 9.78. The lowest BCUT2D eigenvalue weighted by atomic mass is 10.2. The number of guanidine groups is 1. The van der Waals surface area contributed by atoms with Crippen LogP contribution in [-0.4, -0.2) is 61.9 Å². The van der Waals surface area contributed by atoms with Gasteiger partial charge in [0.1, 0.15) is 18.8 Å². The molecule has 168 valence electrons. The van der Waals surface area contributed by atoms with Crippen molar-refractivity contribution in [2.45, 2.75) is 45.4 Å². The molecule has 2 aliphatic heterocycles. The van der Waals surface area contributed by atoms with E-state index in [4.69, 9.17) is 25.8 Å². The van der Waals surface area contributed by atoms with E-state index in [1.54, 1.807) is 7.05 Å². The van der Waals surface area contributed by atoms with Crippen LogP contribution < -0.4 is 20.1 Å². The van der Waals surface area contributed by atoms with Crippen LogP contribution in [0.25, 0.3) is 0 Å². The maximum absolute atomic E-state index is 12.0. The number of nitrogens with zero attached hydrogens (tertiary/aromatic N) is 2. The number of fused-ring (bicyclic) bond motifs is 1. The van der Waals surface area contributed by atoms with Crippen molar-refractivity contribution in [2.75, 3.05) is 33.4 Å². The average Bonchev–Trinajstić information content (AvgIpc) is 3.09. The zero-order valence-corrected chi connectivity index (χ0v) is 20.9. The molecule has 1 aromatic rings. The van der Waals surface area contributed by atoms with Gasteiger partial charge in [0, 0.05) is 26.7 Å². The van der Waals surface area contributed by atoms with Crippen molar-refractivity contribution >= 4 is 47.6 Å². The minimum atomic E-state index is -0.509. The van der Waals surface area contributed by atoms with E-state index in [9.17, 15) is 4.79 Å². The van der Waals surface area contributed by atoms with Crippen LogP contribution in [-0.2, 0) is 11.3 Å². The zero-order chi connectivity index (χ0) is 21.0. The molecule has 1 atom stereocenters. The maximum atomic E-state index is 12.0. The number of carbonyl (C=O) groups is 1. The molecule has 0 aromatic heterocycles. The molecule has 8 nitrogen and oxygen atoms in total. The molecule has 0 saturated carbocycles. The van der Waals surface area contributed by atoms with Crippen LogP contribution in [0.4, 0.5) is 4.79 Å². The van der Waals surface area contributed by atoms with Crippen molar-refractivity contribution in [2.24, 2.45) is 4.99 Å². The quantitative estimate of drug-likeness (QED) is 0.340. The van der Waals surface area contributed by atoms with Gasteiger partial charge in [0.25, 0.3) is 0 Å². The van der Waals surface area contributed by atoms with E-state index < -0.39 is 11.7 Å². The lowest BCUT2D eigenvalue weighted by Crippen LogP contribution is -2.44. The van der Waals surface area contributed by atoms with Gasteiger partial charge in [-0.25, -0.2) is 4.79 Å². The SMILES string of the molecule is CN=C(NCc1cc(Cl)c2c(c1)OCCO2)N1CCC(NC(=O)OC(C)(C)C)C1.I. The third kappa shape index (κ3) is 6.69. The molecule has 1 amide bonds. The summed E-state index contributed by atoms with van der Waals surface area (Å²) in [6.07, 6.45) is 0.439. The van der Waals surface area contributed by atoms with Gasteiger partial charge in [0.15, 0.2) is 17.5 Å². The van der Waals surface area contributed by atoms with E-state index in [1.807, 2.05) is 32.9 Å². The molecule has 3 rings (SSSR count). The Morgan fingerprint density at radius 2 is 2.07 bits per heavy atom. The molecule has 1 aromatic carbocycles. The highest BCUT2D eigenvalue weighted by atomic mass is 127. The Hall–Kier alpha value is -1.62. The van der Waals surface area contributed by atoms with Crippen molar-refractivity contribution in [1.82, 2.24) is 15.5 Å². The fourth-order valence-corrected chi connectivity index (χ4v) is 3.61. The summed E-state index contributed by atoms with van der Waals surface area (Å²) < 4.78 is 16.5. The molecule has 1 saturated heterocycles. The van der Waals surface area contributed by atoms with E-state index >= 15 is 0 Å². The fraction of sp³-hybridized carbons (Fsp3) is 0.600. The second-order valence-corrected chi connectivity index (χ2v) is 8.49. The molecule has 0 spiro atoms. The van der Waals surface area contributed by atoms with E-state index in [0.717, 1.165) is 24.5 Å². The monoisotopic (exact) mass is 552 g/mol. The number of likely N-dealkylation sites (tertiary alicyclic amines) is 1. The largest absolute Gasteiger partial charge is 0.486 e. The first-order valence-corrected chi connectivity index (χ1v) is 10.2. The van der Waals surface area contributed by atoms with Crippen molar-refractivity contribution in [3.8, 4) is 11.5 Å². The lowest BCUT2D eigenvalue weighted by molar-refractivity contribution is 0.0507. The zero-order valence-electron chi connectivity index (χ0n) is 17.8. The van der Waals surface area contributed by atoms with E-state index in [1.165, 1.54) is 0 Å². The topological polar surface area (TPSA) is 84.4 Å². The molecule has 2 heterocycles. The molecule has 2 N–H and O–H groups in total. The summed E-state index contributed by atoms with van der Waals surface area (Å²) in [5, 5.41) is 6.82. The van der Waals surface area contributed by atoms with E-state index in [-0.39, 0.29) is 30.0 Å². The summed E-state index contributed by atoms with van der Waals surface area (Å²) in [5.41, 5.74) is 0.466. The molecule has 0 aliphatic carbocycles. The summed E-state index contributed by atoms with van der Waals surface area (Å²) in [6, 6.07) is 3.82. The molecular weight excluding hydrogens is 523 g/mol. The summed E-state index contributed by atoms with van der Waals surface area (Å²) >= 11 is 6.31. The minimum absolute atomic E-state index is 0. The lowest BCUT2D eigenvalue weighted by Gasteiger charge is -2.24. The first kappa shape index (κ1) is 24.6. The standard InChI is InChI=1S/C20H29ClN4O4.HI/c1-20(2,3)29-19(26)24-14-5-6-25(12-14)18(22-4)23-11-13-9-15(21)17-16(10-13)27-7-8-28-17;/h9-10,14H,5-8,11-12H2,1-4H3,(H,22,23)(H,24,26);1H. The van der Waals surface area contributed by atoms with Gasteiger partial charge in [-0.1, -0.05) is 11.6 Å². The van der Waals surface area contributed by atoms with Crippen LogP contribution in [0, 0.1) is 0 Å². The van der Waals surface area contributed by atoms with Gasteiger partial charge >= 0.3 is 6.09 Å². The fourth-order valence-electron chi connectivity index (χ4n) is 3.32. The number of nitrogens with one attached hydrogen (secondary N) is 2. The van der Waals surface area contributed by atoms with Crippen LogP contribution in [0.1, 0.15) is 32.8 Å². The molecule has 1 unspecified atom stereocenters.